The number of nitrogens with zero attached hydrogens (tertiary/aromatic N) is 3. The van der Waals surface area contributed by atoms with Gasteiger partial charge in [-0.1, -0.05) is 58.4 Å². The van der Waals surface area contributed by atoms with Gasteiger partial charge in [-0.15, -0.1) is 0 Å². The fraction of sp³-hybridized carbons (Fsp3) is 0.0833. The molecule has 3 aromatic carbocycles. The molecule has 160 valence electrons. The molecule has 1 heterocycles. The molecule has 0 saturated heterocycles. The molecule has 7 nitrogen and oxygen atoms in total. The lowest BCUT2D eigenvalue weighted by atomic mass is 10.2. The number of hydrogen-bond donors (Lipinski definition) is 0. The summed E-state index contributed by atoms with van der Waals surface area (Å²) in [5.41, 5.74) is 1.44. The predicted molar refractivity (Wildman–Crippen MR) is 126 cm³/mol. The Bertz CT molecular complexity index is 1400. The molecule has 0 aliphatic heterocycles. The highest BCUT2D eigenvalue weighted by Crippen LogP contribution is 2.34. The van der Waals surface area contributed by atoms with Crippen molar-refractivity contribution in [2.75, 3.05) is 7.11 Å². The summed E-state index contributed by atoms with van der Waals surface area (Å²) in [7, 11) is 1.47. The Balaban J connectivity index is 1.94. The monoisotopic (exact) mass is 491 g/mol. The van der Waals surface area contributed by atoms with E-state index in [1.807, 2.05) is 36.4 Å². The van der Waals surface area contributed by atoms with E-state index in [1.165, 1.54) is 24.9 Å². The van der Waals surface area contributed by atoms with Crippen LogP contribution in [0.25, 0.3) is 22.3 Å². The van der Waals surface area contributed by atoms with Crippen molar-refractivity contribution in [3.8, 4) is 22.9 Å². The van der Waals surface area contributed by atoms with Crippen molar-refractivity contribution >= 4 is 39.0 Å². The lowest BCUT2D eigenvalue weighted by Gasteiger charge is -2.12. The summed E-state index contributed by atoms with van der Waals surface area (Å²) in [4.78, 5) is 29.6. The van der Waals surface area contributed by atoms with E-state index in [0.717, 1.165) is 5.56 Å². The van der Waals surface area contributed by atoms with Gasteiger partial charge in [0.1, 0.15) is 0 Å². The Hall–Kier alpha value is -3.78. The van der Waals surface area contributed by atoms with Gasteiger partial charge in [0.05, 0.1) is 24.2 Å². The van der Waals surface area contributed by atoms with Crippen LogP contribution in [0.5, 0.6) is 11.5 Å². The molecule has 0 bridgehead atoms. The van der Waals surface area contributed by atoms with Crippen LogP contribution in [-0.4, -0.2) is 29.0 Å². The Kier molecular flexibility index (Phi) is 6.13. The molecular formula is C24H18BrN3O4. The molecule has 0 fully saturated rings. The van der Waals surface area contributed by atoms with E-state index < -0.39 is 5.97 Å². The molecule has 0 unspecified atom stereocenters. The Morgan fingerprint density at radius 3 is 2.53 bits per heavy atom. The molecule has 1 aromatic heterocycles. The molecule has 0 saturated carbocycles. The Morgan fingerprint density at radius 2 is 1.81 bits per heavy atom. The summed E-state index contributed by atoms with van der Waals surface area (Å²) in [6.07, 6.45) is 1.44. The highest BCUT2D eigenvalue weighted by molar-refractivity contribution is 9.10. The maximum absolute atomic E-state index is 13.3. The first-order valence-corrected chi connectivity index (χ1v) is 10.4. The quantitative estimate of drug-likeness (QED) is 0.230. The maximum Gasteiger partial charge on any atom is 0.308 e. The van der Waals surface area contributed by atoms with Crippen LogP contribution < -0.4 is 15.0 Å². The minimum atomic E-state index is -0.505. The molecule has 0 amide bonds. The van der Waals surface area contributed by atoms with Crippen LogP contribution in [0.2, 0.25) is 0 Å². The second-order valence-corrected chi connectivity index (χ2v) is 7.72. The molecule has 4 rings (SSSR count). The highest BCUT2D eigenvalue weighted by atomic mass is 79.9. The van der Waals surface area contributed by atoms with Crippen LogP contribution in [0.15, 0.2) is 81.1 Å². The summed E-state index contributed by atoms with van der Waals surface area (Å²) in [6.45, 7) is 1.30. The number of carbonyl (C=O) groups excluding carboxylic acids is 1. The summed E-state index contributed by atoms with van der Waals surface area (Å²) in [6, 6.07) is 19.8. The first-order valence-electron chi connectivity index (χ1n) is 9.65. The first-order chi connectivity index (χ1) is 15.5. The van der Waals surface area contributed by atoms with E-state index >= 15 is 0 Å². The average Bonchev–Trinajstić information content (AvgIpc) is 2.80. The van der Waals surface area contributed by atoms with Gasteiger partial charge in [0.2, 0.25) is 0 Å². The van der Waals surface area contributed by atoms with Gasteiger partial charge < -0.3 is 9.47 Å². The fourth-order valence-electron chi connectivity index (χ4n) is 3.21. The fourth-order valence-corrected chi connectivity index (χ4v) is 3.67. The zero-order valence-electron chi connectivity index (χ0n) is 17.3. The van der Waals surface area contributed by atoms with E-state index in [0.29, 0.717) is 32.5 Å². The summed E-state index contributed by atoms with van der Waals surface area (Å²) in [5.74, 6) is 0.439. The van der Waals surface area contributed by atoms with Crippen LogP contribution >= 0.6 is 15.9 Å². The number of esters is 1. The largest absolute Gasteiger partial charge is 0.493 e. The molecule has 0 N–H and O–H groups in total. The van der Waals surface area contributed by atoms with Crippen LogP contribution in [0.3, 0.4) is 0 Å². The number of hydrogen-bond acceptors (Lipinski definition) is 6. The van der Waals surface area contributed by atoms with Crippen LogP contribution in [0.4, 0.5) is 0 Å². The Morgan fingerprint density at radius 1 is 1.09 bits per heavy atom. The predicted octanol–water partition coefficient (Wildman–Crippen LogP) is 4.64. The van der Waals surface area contributed by atoms with Gasteiger partial charge >= 0.3 is 5.97 Å². The molecule has 4 aromatic rings. The summed E-state index contributed by atoms with van der Waals surface area (Å²) in [5, 5.41) is 4.88. The number of para-hydroxylation sites is 1. The SMILES string of the molecule is COc1cc(Br)cc(C=Nn2c(-c3ccccc3)nc3ccccc3c2=O)c1OC(C)=O. The van der Waals surface area contributed by atoms with Crippen molar-refractivity contribution in [1.29, 1.82) is 0 Å². The van der Waals surface area contributed by atoms with Gasteiger partial charge in [-0.3, -0.25) is 9.59 Å². The molecule has 32 heavy (non-hydrogen) atoms. The van der Waals surface area contributed by atoms with Crippen molar-refractivity contribution in [1.82, 2.24) is 9.66 Å². The van der Waals surface area contributed by atoms with Gasteiger partial charge in [-0.2, -0.15) is 9.78 Å². The number of fused-ring (bicyclic) bond motifs is 1. The van der Waals surface area contributed by atoms with Gasteiger partial charge in [0, 0.05) is 22.5 Å². The zero-order valence-corrected chi connectivity index (χ0v) is 18.9. The number of rotatable bonds is 5. The summed E-state index contributed by atoms with van der Waals surface area (Å²) < 4.78 is 12.6. The van der Waals surface area contributed by atoms with Crippen molar-refractivity contribution in [2.45, 2.75) is 6.92 Å². The number of ether oxygens (including phenoxy) is 2. The van der Waals surface area contributed by atoms with E-state index in [1.54, 1.807) is 30.3 Å². The van der Waals surface area contributed by atoms with Crippen LogP contribution in [-0.2, 0) is 4.79 Å². The van der Waals surface area contributed by atoms with Gasteiger partial charge in [0.25, 0.3) is 5.56 Å². The summed E-state index contributed by atoms with van der Waals surface area (Å²) >= 11 is 3.42. The second kappa shape index (κ2) is 9.15. The molecule has 0 spiro atoms. The average molecular weight is 492 g/mol. The lowest BCUT2D eigenvalue weighted by molar-refractivity contribution is -0.132. The minimum Gasteiger partial charge on any atom is -0.493 e. The van der Waals surface area contributed by atoms with Gasteiger partial charge in [-0.05, 0) is 24.3 Å². The van der Waals surface area contributed by atoms with Crippen molar-refractivity contribution < 1.29 is 14.3 Å². The molecule has 0 aliphatic rings. The molecule has 8 heteroatoms. The first kappa shape index (κ1) is 21.5. The van der Waals surface area contributed by atoms with Crippen molar-refractivity contribution in [2.24, 2.45) is 5.10 Å². The van der Waals surface area contributed by atoms with E-state index in [4.69, 9.17) is 9.47 Å². The standard InChI is InChI=1S/C24H18BrN3O4/c1-15(29)32-22-17(12-18(25)13-21(22)31-2)14-26-28-23(16-8-4-3-5-9-16)27-20-11-7-6-10-19(20)24(28)30/h3-14H,1-2H3. The molecular weight excluding hydrogens is 474 g/mol. The van der Waals surface area contributed by atoms with Crippen molar-refractivity contribution in [3.63, 3.8) is 0 Å². The van der Waals surface area contributed by atoms with Gasteiger partial charge in [0.15, 0.2) is 17.3 Å². The third kappa shape index (κ3) is 4.31. The minimum absolute atomic E-state index is 0.204. The van der Waals surface area contributed by atoms with E-state index in [2.05, 4.69) is 26.0 Å². The van der Waals surface area contributed by atoms with Crippen molar-refractivity contribution in [3.05, 3.63) is 87.1 Å². The number of methoxy groups -OCH3 is 1. The topological polar surface area (TPSA) is 82.8 Å². The number of halogens is 1. The smallest absolute Gasteiger partial charge is 0.308 e. The zero-order chi connectivity index (χ0) is 22.7. The Labute approximate surface area is 192 Å². The molecule has 0 radical (unpaired) electrons. The van der Waals surface area contributed by atoms with Crippen LogP contribution in [0, 0.1) is 0 Å². The van der Waals surface area contributed by atoms with E-state index in [-0.39, 0.29) is 11.3 Å². The van der Waals surface area contributed by atoms with Crippen LogP contribution in [0.1, 0.15) is 12.5 Å². The second-order valence-electron chi connectivity index (χ2n) is 6.80. The maximum atomic E-state index is 13.3. The van der Waals surface area contributed by atoms with Gasteiger partial charge in [-0.25, -0.2) is 4.98 Å². The molecule has 0 aliphatic carbocycles. The third-order valence-electron chi connectivity index (χ3n) is 4.61. The number of carbonyl (C=O) groups is 1. The number of benzene rings is 3. The molecule has 0 atom stereocenters. The lowest BCUT2D eigenvalue weighted by Crippen LogP contribution is -2.20. The highest BCUT2D eigenvalue weighted by Gasteiger charge is 2.15. The number of aromatic nitrogens is 2. The third-order valence-corrected chi connectivity index (χ3v) is 5.07. The van der Waals surface area contributed by atoms with E-state index in [9.17, 15) is 9.59 Å². The normalized spacial score (nSPS) is 11.1.